The number of hydrogen-bond acceptors (Lipinski definition) is 4. The molecule has 0 amide bonds. The van der Waals surface area contributed by atoms with E-state index >= 15 is 0 Å². The number of rotatable bonds is 6. The van der Waals surface area contributed by atoms with Gasteiger partial charge in [0.15, 0.2) is 0 Å². The molecule has 0 spiro atoms. The summed E-state index contributed by atoms with van der Waals surface area (Å²) in [6.45, 7) is 0.579. The number of benzene rings is 2. The lowest BCUT2D eigenvalue weighted by Crippen LogP contribution is -2.13. The fourth-order valence-electron chi connectivity index (χ4n) is 2.89. The minimum atomic E-state index is -3.74. The second kappa shape index (κ2) is 8.31. The first kappa shape index (κ1) is 21.0. The summed E-state index contributed by atoms with van der Waals surface area (Å²) in [7, 11) is 2.13. The average molecular weight is 527 g/mol. The van der Waals surface area contributed by atoms with Crippen molar-refractivity contribution < 1.29 is 8.42 Å². The molecule has 0 saturated carbocycles. The zero-order valence-electron chi connectivity index (χ0n) is 15.8. The van der Waals surface area contributed by atoms with E-state index in [1.165, 1.54) is 3.97 Å². The number of hydrogen-bond donors (Lipinski definition) is 0. The van der Waals surface area contributed by atoms with Crippen LogP contribution in [0.3, 0.4) is 0 Å². The van der Waals surface area contributed by atoms with Gasteiger partial charge >= 0.3 is 0 Å². The van der Waals surface area contributed by atoms with Crippen LogP contribution in [0.1, 0.15) is 5.56 Å². The third-order valence-electron chi connectivity index (χ3n) is 4.23. The molecule has 0 aliphatic heterocycles. The maximum absolute atomic E-state index is 13.4. The molecule has 0 aliphatic rings. The van der Waals surface area contributed by atoms with E-state index in [2.05, 4.69) is 31.9 Å². The van der Waals surface area contributed by atoms with Crippen LogP contribution >= 0.6 is 31.9 Å². The van der Waals surface area contributed by atoms with Gasteiger partial charge in [-0.3, -0.25) is 0 Å². The third kappa shape index (κ3) is 4.29. The molecular weight excluding hydrogens is 506 g/mol. The lowest BCUT2D eigenvalue weighted by atomic mass is 10.2. The summed E-state index contributed by atoms with van der Waals surface area (Å²) in [5.74, 6) is 0. The van der Waals surface area contributed by atoms with Crippen molar-refractivity contribution in [2.24, 2.45) is 0 Å². The van der Waals surface area contributed by atoms with E-state index in [0.29, 0.717) is 16.5 Å². The van der Waals surface area contributed by atoms with Crippen molar-refractivity contribution in [3.05, 3.63) is 75.6 Å². The van der Waals surface area contributed by atoms with Crippen molar-refractivity contribution in [3.63, 3.8) is 0 Å². The van der Waals surface area contributed by atoms with Crippen molar-refractivity contribution in [2.75, 3.05) is 21.1 Å². The van der Waals surface area contributed by atoms with Crippen LogP contribution in [0.2, 0.25) is 0 Å². The monoisotopic (exact) mass is 525 g/mol. The molecule has 0 N–H and O–H groups in total. The Bertz CT molecular complexity index is 1140. The van der Waals surface area contributed by atoms with E-state index in [0.717, 1.165) is 15.4 Å². The van der Waals surface area contributed by atoms with Crippen LogP contribution in [0.15, 0.2) is 74.9 Å². The normalized spacial score (nSPS) is 12.0. The Labute approximate surface area is 182 Å². The SMILES string of the molecule is CN(C)C=CN(C)Cc1cn(S(=O)(=O)c2ccccc2Br)c2ccc(Br)cc12. The van der Waals surface area contributed by atoms with E-state index in [9.17, 15) is 8.42 Å². The molecule has 1 heterocycles. The Morgan fingerprint density at radius 2 is 1.75 bits per heavy atom. The maximum atomic E-state index is 13.4. The summed E-state index contributed by atoms with van der Waals surface area (Å²) >= 11 is 6.86. The largest absolute Gasteiger partial charge is 0.382 e. The number of nitrogens with zero attached hydrogens (tertiary/aromatic N) is 3. The van der Waals surface area contributed by atoms with Gasteiger partial charge in [0.2, 0.25) is 0 Å². The first-order chi connectivity index (χ1) is 13.2. The van der Waals surface area contributed by atoms with Crippen molar-refractivity contribution in [1.29, 1.82) is 0 Å². The molecule has 0 atom stereocenters. The van der Waals surface area contributed by atoms with Gasteiger partial charge in [-0.05, 0) is 51.8 Å². The lowest BCUT2D eigenvalue weighted by Gasteiger charge is -2.15. The van der Waals surface area contributed by atoms with E-state index in [1.807, 2.05) is 61.5 Å². The Morgan fingerprint density at radius 1 is 1.04 bits per heavy atom. The Kier molecular flexibility index (Phi) is 6.21. The van der Waals surface area contributed by atoms with Crippen LogP contribution in [0, 0.1) is 0 Å². The second-order valence-electron chi connectivity index (χ2n) is 6.72. The predicted octanol–water partition coefficient (Wildman–Crippen LogP) is 4.87. The standard InChI is InChI=1S/C20H21Br2N3O2S/c1-23(2)10-11-24(3)13-15-14-25(19-9-8-16(21)12-17(15)19)28(26,27)20-7-5-4-6-18(20)22/h4-12,14H,13H2,1-3H3. The van der Waals surface area contributed by atoms with Gasteiger partial charge in [-0.1, -0.05) is 28.1 Å². The van der Waals surface area contributed by atoms with Crippen LogP contribution in [0.4, 0.5) is 0 Å². The zero-order valence-corrected chi connectivity index (χ0v) is 19.8. The van der Waals surface area contributed by atoms with E-state index in [4.69, 9.17) is 0 Å². The van der Waals surface area contributed by atoms with Gasteiger partial charge in [0.25, 0.3) is 10.0 Å². The molecule has 0 unspecified atom stereocenters. The Morgan fingerprint density at radius 3 is 2.43 bits per heavy atom. The van der Waals surface area contributed by atoms with Gasteiger partial charge in [-0.25, -0.2) is 12.4 Å². The maximum Gasteiger partial charge on any atom is 0.269 e. The summed E-state index contributed by atoms with van der Waals surface area (Å²) in [6, 6.07) is 12.5. The first-order valence-corrected chi connectivity index (χ1v) is 11.6. The van der Waals surface area contributed by atoms with Crippen molar-refractivity contribution in [2.45, 2.75) is 11.4 Å². The van der Waals surface area contributed by atoms with Crippen molar-refractivity contribution >= 4 is 52.8 Å². The van der Waals surface area contributed by atoms with Crippen LogP contribution in [0.25, 0.3) is 10.9 Å². The summed E-state index contributed by atoms with van der Waals surface area (Å²) < 4.78 is 29.5. The molecule has 3 rings (SSSR count). The highest BCUT2D eigenvalue weighted by molar-refractivity contribution is 9.10. The van der Waals surface area contributed by atoms with Crippen LogP contribution in [0.5, 0.6) is 0 Å². The molecule has 0 fully saturated rings. The zero-order chi connectivity index (χ0) is 20.5. The molecule has 3 aromatic rings. The Balaban J connectivity index is 2.13. The Hall–Kier alpha value is -1.77. The molecule has 0 saturated heterocycles. The van der Waals surface area contributed by atoms with E-state index in [-0.39, 0.29) is 4.90 Å². The molecule has 1 aromatic heterocycles. The van der Waals surface area contributed by atoms with Crippen molar-refractivity contribution in [1.82, 2.24) is 13.8 Å². The highest BCUT2D eigenvalue weighted by Gasteiger charge is 2.23. The first-order valence-electron chi connectivity index (χ1n) is 8.55. The van der Waals surface area contributed by atoms with E-state index < -0.39 is 10.0 Å². The van der Waals surface area contributed by atoms with Gasteiger partial charge in [0, 0.05) is 60.6 Å². The van der Waals surface area contributed by atoms with Gasteiger partial charge in [0.1, 0.15) is 4.90 Å². The summed E-state index contributed by atoms with van der Waals surface area (Å²) in [6.07, 6.45) is 5.63. The molecule has 8 heteroatoms. The minimum absolute atomic E-state index is 0.238. The highest BCUT2D eigenvalue weighted by atomic mass is 79.9. The van der Waals surface area contributed by atoms with Gasteiger partial charge < -0.3 is 9.80 Å². The topological polar surface area (TPSA) is 45.5 Å². The molecule has 148 valence electrons. The molecule has 0 bridgehead atoms. The third-order valence-corrected chi connectivity index (χ3v) is 7.41. The smallest absolute Gasteiger partial charge is 0.269 e. The predicted molar refractivity (Wildman–Crippen MR) is 121 cm³/mol. The molecule has 2 aromatic carbocycles. The van der Waals surface area contributed by atoms with Gasteiger partial charge in [-0.2, -0.15) is 0 Å². The molecule has 28 heavy (non-hydrogen) atoms. The van der Waals surface area contributed by atoms with Crippen LogP contribution < -0.4 is 0 Å². The van der Waals surface area contributed by atoms with Crippen LogP contribution in [-0.2, 0) is 16.6 Å². The quantitative estimate of drug-likeness (QED) is 0.459. The minimum Gasteiger partial charge on any atom is -0.382 e. The van der Waals surface area contributed by atoms with Gasteiger partial charge in [-0.15, -0.1) is 0 Å². The molecule has 0 aliphatic carbocycles. The molecule has 5 nitrogen and oxygen atoms in total. The lowest BCUT2D eigenvalue weighted by molar-refractivity contribution is 0.436. The van der Waals surface area contributed by atoms with Crippen LogP contribution in [-0.4, -0.2) is 43.3 Å². The molecular formula is C20H21Br2N3O2S. The number of fused-ring (bicyclic) bond motifs is 1. The molecule has 0 radical (unpaired) electrons. The summed E-state index contributed by atoms with van der Waals surface area (Å²) in [5.41, 5.74) is 1.58. The summed E-state index contributed by atoms with van der Waals surface area (Å²) in [5, 5.41) is 0.898. The fourth-order valence-corrected chi connectivity index (χ4v) is 5.61. The van der Waals surface area contributed by atoms with Crippen molar-refractivity contribution in [3.8, 4) is 0 Å². The van der Waals surface area contributed by atoms with Gasteiger partial charge in [0.05, 0.1) is 5.52 Å². The average Bonchev–Trinajstić information content (AvgIpc) is 2.98. The van der Waals surface area contributed by atoms with E-state index in [1.54, 1.807) is 30.5 Å². The fraction of sp³-hybridized carbons (Fsp3) is 0.200. The summed E-state index contributed by atoms with van der Waals surface area (Å²) in [4.78, 5) is 4.21. The highest BCUT2D eigenvalue weighted by Crippen LogP contribution is 2.31. The second-order valence-corrected chi connectivity index (χ2v) is 10.3. The number of aromatic nitrogens is 1. The number of halogens is 2.